The highest BCUT2D eigenvalue weighted by Gasteiger charge is 2.32. The molecule has 29 heavy (non-hydrogen) atoms. The van der Waals surface area contributed by atoms with Gasteiger partial charge in [0.05, 0.1) is 25.0 Å². The molecule has 1 aliphatic heterocycles. The molecule has 2 heterocycles. The lowest BCUT2D eigenvalue weighted by molar-refractivity contribution is -0.389. The van der Waals surface area contributed by atoms with Crippen molar-refractivity contribution < 1.29 is 18.6 Å². The van der Waals surface area contributed by atoms with E-state index in [-0.39, 0.29) is 22.8 Å². The standard InChI is InChI=1S/C20H19N3O5S/c24-23(25)19-11-22-10-18(14-29(26)20(22)21-19)28-13-16-6-8-17(9-7-16)27-12-15-4-2-1-3-5-15/h1-9,11,18H,10,12-14H2. The van der Waals surface area contributed by atoms with Crippen LogP contribution in [0.15, 0.2) is 66.0 Å². The van der Waals surface area contributed by atoms with Gasteiger partial charge in [-0.2, -0.15) is 0 Å². The molecular formula is C20H19N3O5S. The van der Waals surface area contributed by atoms with Crippen molar-refractivity contribution in [2.45, 2.75) is 31.0 Å². The molecule has 0 bridgehead atoms. The van der Waals surface area contributed by atoms with Crippen molar-refractivity contribution in [3.63, 3.8) is 0 Å². The van der Waals surface area contributed by atoms with Gasteiger partial charge in [0.15, 0.2) is 0 Å². The number of nitrogens with zero attached hydrogens (tertiary/aromatic N) is 3. The SMILES string of the molecule is O=[N+]([O-])c1cn2c(n1)S(=O)CC(OCc1ccc(OCc3ccccc3)cc1)C2. The van der Waals surface area contributed by atoms with Crippen LogP contribution in [0.4, 0.5) is 5.82 Å². The quantitative estimate of drug-likeness (QED) is 0.436. The third-order valence-corrected chi connectivity index (χ3v) is 5.92. The van der Waals surface area contributed by atoms with Gasteiger partial charge in [-0.1, -0.05) is 42.5 Å². The molecule has 0 saturated heterocycles. The normalized spacial score (nSPS) is 18.2. The maximum Gasteiger partial charge on any atom is 0.383 e. The molecule has 9 heteroatoms. The van der Waals surface area contributed by atoms with Crippen LogP contribution in [0.25, 0.3) is 0 Å². The second-order valence-electron chi connectivity index (χ2n) is 6.65. The lowest BCUT2D eigenvalue weighted by Gasteiger charge is -2.21. The first-order valence-electron chi connectivity index (χ1n) is 9.05. The number of fused-ring (bicyclic) bond motifs is 1. The molecule has 0 radical (unpaired) electrons. The van der Waals surface area contributed by atoms with E-state index in [2.05, 4.69) is 4.98 Å². The predicted molar refractivity (Wildman–Crippen MR) is 106 cm³/mol. The van der Waals surface area contributed by atoms with Gasteiger partial charge in [0.25, 0.3) is 0 Å². The number of hydrogen-bond donors (Lipinski definition) is 0. The molecular weight excluding hydrogens is 394 g/mol. The molecule has 0 saturated carbocycles. The molecule has 0 fully saturated rings. The van der Waals surface area contributed by atoms with Gasteiger partial charge in [-0.05, 0) is 33.2 Å². The number of aromatic nitrogens is 2. The Morgan fingerprint density at radius 3 is 2.55 bits per heavy atom. The van der Waals surface area contributed by atoms with Crippen molar-refractivity contribution in [1.29, 1.82) is 0 Å². The maximum atomic E-state index is 12.3. The lowest BCUT2D eigenvalue weighted by atomic mass is 10.2. The third kappa shape index (κ3) is 4.69. The molecule has 0 amide bonds. The molecule has 8 nitrogen and oxygen atoms in total. The first-order chi connectivity index (χ1) is 14.1. The predicted octanol–water partition coefficient (Wildman–Crippen LogP) is 3.08. The topological polar surface area (TPSA) is 96.5 Å². The molecule has 150 valence electrons. The molecule has 4 rings (SSSR count). The van der Waals surface area contributed by atoms with Gasteiger partial charge in [-0.25, -0.2) is 4.21 Å². The largest absolute Gasteiger partial charge is 0.489 e. The van der Waals surface area contributed by atoms with Gasteiger partial charge in [0, 0.05) is 0 Å². The Kier molecular flexibility index (Phi) is 5.68. The van der Waals surface area contributed by atoms with Crippen LogP contribution in [0.5, 0.6) is 5.75 Å². The highest BCUT2D eigenvalue weighted by Crippen LogP contribution is 2.22. The molecule has 1 aromatic heterocycles. The molecule has 0 spiro atoms. The molecule has 2 aromatic carbocycles. The number of benzene rings is 2. The summed E-state index contributed by atoms with van der Waals surface area (Å²) in [5.41, 5.74) is 2.06. The fourth-order valence-electron chi connectivity index (χ4n) is 3.04. The number of hydrogen-bond acceptors (Lipinski definition) is 6. The van der Waals surface area contributed by atoms with E-state index < -0.39 is 15.7 Å². The second-order valence-corrected chi connectivity index (χ2v) is 8.04. The monoisotopic (exact) mass is 413 g/mol. The minimum Gasteiger partial charge on any atom is -0.489 e. The average molecular weight is 413 g/mol. The Balaban J connectivity index is 1.31. The van der Waals surface area contributed by atoms with E-state index in [1.807, 2.05) is 54.6 Å². The van der Waals surface area contributed by atoms with Gasteiger partial charge >= 0.3 is 11.0 Å². The smallest absolute Gasteiger partial charge is 0.383 e. The Hall–Kier alpha value is -3.04. The van der Waals surface area contributed by atoms with Crippen LogP contribution in [0.1, 0.15) is 11.1 Å². The van der Waals surface area contributed by atoms with Crippen LogP contribution in [0.2, 0.25) is 0 Å². The average Bonchev–Trinajstić information content (AvgIpc) is 3.18. The molecule has 3 aromatic rings. The maximum absolute atomic E-state index is 12.3. The van der Waals surface area contributed by atoms with Crippen LogP contribution in [-0.4, -0.2) is 30.5 Å². The number of ether oxygens (including phenoxy) is 2. The summed E-state index contributed by atoms with van der Waals surface area (Å²) in [4.78, 5) is 14.1. The molecule has 2 atom stereocenters. The fourth-order valence-corrected chi connectivity index (χ4v) is 4.31. The van der Waals surface area contributed by atoms with E-state index in [9.17, 15) is 14.3 Å². The first-order valence-corrected chi connectivity index (χ1v) is 10.4. The lowest BCUT2D eigenvalue weighted by Crippen LogP contribution is -2.32. The zero-order valence-corrected chi connectivity index (χ0v) is 16.3. The van der Waals surface area contributed by atoms with Crippen molar-refractivity contribution in [2.24, 2.45) is 0 Å². The Morgan fingerprint density at radius 1 is 1.10 bits per heavy atom. The zero-order chi connectivity index (χ0) is 20.2. The molecule has 2 unspecified atom stereocenters. The third-order valence-electron chi connectivity index (χ3n) is 4.51. The second kappa shape index (κ2) is 8.54. The Morgan fingerprint density at radius 2 is 1.83 bits per heavy atom. The highest BCUT2D eigenvalue weighted by molar-refractivity contribution is 7.84. The van der Waals surface area contributed by atoms with Crippen molar-refractivity contribution >= 4 is 16.6 Å². The summed E-state index contributed by atoms with van der Waals surface area (Å²) in [5, 5.41) is 11.1. The summed E-state index contributed by atoms with van der Waals surface area (Å²) >= 11 is 0. The van der Waals surface area contributed by atoms with E-state index in [1.165, 1.54) is 6.20 Å². The number of nitro groups is 1. The summed E-state index contributed by atoms with van der Waals surface area (Å²) in [6.45, 7) is 1.25. The van der Waals surface area contributed by atoms with Crippen LogP contribution in [0.3, 0.4) is 0 Å². The molecule has 0 N–H and O–H groups in total. The van der Waals surface area contributed by atoms with Gasteiger partial charge in [0.1, 0.15) is 29.4 Å². The minimum absolute atomic E-state index is 0.233. The van der Waals surface area contributed by atoms with Crippen LogP contribution < -0.4 is 4.74 Å². The van der Waals surface area contributed by atoms with E-state index in [0.29, 0.717) is 19.8 Å². The Labute approximate surface area is 169 Å². The van der Waals surface area contributed by atoms with Crippen LogP contribution in [0, 0.1) is 10.1 Å². The van der Waals surface area contributed by atoms with Crippen molar-refractivity contribution in [3.8, 4) is 5.75 Å². The van der Waals surface area contributed by atoms with E-state index in [1.54, 1.807) is 4.57 Å². The van der Waals surface area contributed by atoms with Crippen LogP contribution >= 0.6 is 0 Å². The van der Waals surface area contributed by atoms with Gasteiger partial charge in [-0.3, -0.25) is 4.57 Å². The molecule has 1 aliphatic rings. The highest BCUT2D eigenvalue weighted by atomic mass is 32.2. The van der Waals surface area contributed by atoms with Crippen molar-refractivity contribution in [3.05, 3.63) is 82.0 Å². The van der Waals surface area contributed by atoms with E-state index >= 15 is 0 Å². The summed E-state index contributed by atoms with van der Waals surface area (Å²) in [7, 11) is -1.42. The van der Waals surface area contributed by atoms with Gasteiger partial charge in [0.2, 0.25) is 0 Å². The summed E-state index contributed by atoms with van der Waals surface area (Å²) in [6, 6.07) is 17.6. The van der Waals surface area contributed by atoms with Crippen LogP contribution in [-0.2, 0) is 35.3 Å². The minimum atomic E-state index is -1.42. The summed E-state index contributed by atoms with van der Waals surface area (Å²) in [5.74, 6) is 0.749. The molecule has 0 aliphatic carbocycles. The number of rotatable bonds is 7. The zero-order valence-electron chi connectivity index (χ0n) is 15.5. The van der Waals surface area contributed by atoms with Crippen molar-refractivity contribution in [1.82, 2.24) is 9.55 Å². The van der Waals surface area contributed by atoms with Gasteiger partial charge in [-0.15, -0.1) is 0 Å². The van der Waals surface area contributed by atoms with E-state index in [4.69, 9.17) is 9.47 Å². The Bertz CT molecular complexity index is 1020. The number of imidazole rings is 1. The fraction of sp³-hybridized carbons (Fsp3) is 0.250. The van der Waals surface area contributed by atoms with E-state index in [0.717, 1.165) is 16.9 Å². The summed E-state index contributed by atoms with van der Waals surface area (Å²) < 4.78 is 25.5. The van der Waals surface area contributed by atoms with Crippen molar-refractivity contribution in [2.75, 3.05) is 5.75 Å². The summed E-state index contributed by atoms with van der Waals surface area (Å²) in [6.07, 6.45) is 1.01. The first kappa shape index (κ1) is 19.3. The van der Waals surface area contributed by atoms with Gasteiger partial charge < -0.3 is 19.6 Å².